The summed E-state index contributed by atoms with van der Waals surface area (Å²) in [6, 6.07) is 24.2. The van der Waals surface area contributed by atoms with Crippen molar-refractivity contribution in [1.29, 1.82) is 0 Å². The molecule has 1 amide bonds. The Balaban J connectivity index is 1.51. The molecule has 1 heterocycles. The highest BCUT2D eigenvalue weighted by Crippen LogP contribution is 2.30. The smallest absolute Gasteiger partial charge is 0.254 e. The quantitative estimate of drug-likeness (QED) is 0.633. The van der Waals surface area contributed by atoms with E-state index in [4.69, 9.17) is 4.74 Å². The molecule has 0 unspecified atom stereocenters. The fourth-order valence-corrected chi connectivity index (χ4v) is 4.02. The fraction of sp³-hybridized carbons (Fsp3) is 0.240. The molecule has 1 atom stereocenters. The van der Waals surface area contributed by atoms with Crippen molar-refractivity contribution in [3.63, 3.8) is 0 Å². The third-order valence-electron chi connectivity index (χ3n) is 5.58. The van der Waals surface area contributed by atoms with Gasteiger partial charge >= 0.3 is 0 Å². The summed E-state index contributed by atoms with van der Waals surface area (Å²) in [7, 11) is 1.60. The monoisotopic (exact) mass is 404 g/mol. The number of carbonyl (C=O) groups is 1. The van der Waals surface area contributed by atoms with Crippen molar-refractivity contribution >= 4 is 5.91 Å². The summed E-state index contributed by atoms with van der Waals surface area (Å²) < 4.78 is 18.7. The molecule has 1 aliphatic heterocycles. The number of benzene rings is 3. The van der Waals surface area contributed by atoms with Gasteiger partial charge in [0.15, 0.2) is 0 Å². The second kappa shape index (κ2) is 9.09. The van der Waals surface area contributed by atoms with Gasteiger partial charge in [-0.3, -0.25) is 9.69 Å². The minimum Gasteiger partial charge on any atom is -0.497 e. The first-order chi connectivity index (χ1) is 14.7. The van der Waals surface area contributed by atoms with Crippen LogP contribution in [0.3, 0.4) is 0 Å². The van der Waals surface area contributed by atoms with E-state index in [1.54, 1.807) is 13.2 Å². The third kappa shape index (κ3) is 4.36. The molecular formula is C25H25FN2O2. The Bertz CT molecular complexity index is 984. The van der Waals surface area contributed by atoms with Gasteiger partial charge in [-0.2, -0.15) is 0 Å². The summed E-state index contributed by atoms with van der Waals surface area (Å²) in [6.45, 7) is 2.76. The Morgan fingerprint density at radius 2 is 1.53 bits per heavy atom. The standard InChI is InChI=1S/C25H25FN2O2/c1-30-23-9-5-8-21(18-23)25(29)28-16-14-27(15-17-28)24(19-6-3-2-4-7-19)20-10-12-22(26)13-11-20/h2-13,18,24H,14-17H2,1H3/t24-/m1/s1. The van der Waals surface area contributed by atoms with Gasteiger partial charge in [0, 0.05) is 31.7 Å². The van der Waals surface area contributed by atoms with Crippen LogP contribution < -0.4 is 4.74 Å². The van der Waals surface area contributed by atoms with Crippen molar-refractivity contribution in [1.82, 2.24) is 9.80 Å². The zero-order valence-electron chi connectivity index (χ0n) is 17.0. The van der Waals surface area contributed by atoms with E-state index in [-0.39, 0.29) is 17.8 Å². The zero-order chi connectivity index (χ0) is 20.9. The number of nitrogens with zero attached hydrogens (tertiary/aromatic N) is 2. The molecule has 4 rings (SSSR count). The van der Waals surface area contributed by atoms with Gasteiger partial charge in [-0.25, -0.2) is 4.39 Å². The molecule has 3 aromatic rings. The van der Waals surface area contributed by atoms with Gasteiger partial charge in [0.05, 0.1) is 13.2 Å². The Morgan fingerprint density at radius 1 is 0.867 bits per heavy atom. The van der Waals surface area contributed by atoms with Gasteiger partial charge in [0.1, 0.15) is 11.6 Å². The largest absolute Gasteiger partial charge is 0.497 e. The van der Waals surface area contributed by atoms with Crippen molar-refractivity contribution in [3.05, 3.63) is 101 Å². The molecule has 0 aromatic heterocycles. The number of piperazine rings is 1. The van der Waals surface area contributed by atoms with Crippen molar-refractivity contribution in [3.8, 4) is 5.75 Å². The van der Waals surface area contributed by atoms with Crippen LogP contribution in [0.25, 0.3) is 0 Å². The van der Waals surface area contributed by atoms with Crippen LogP contribution in [-0.4, -0.2) is 49.0 Å². The van der Waals surface area contributed by atoms with E-state index >= 15 is 0 Å². The summed E-state index contributed by atoms with van der Waals surface area (Å²) in [5.74, 6) is 0.464. The molecule has 5 heteroatoms. The van der Waals surface area contributed by atoms with Crippen LogP contribution >= 0.6 is 0 Å². The lowest BCUT2D eigenvalue weighted by Gasteiger charge is -2.39. The molecule has 1 aliphatic rings. The minimum atomic E-state index is -0.237. The van der Waals surface area contributed by atoms with E-state index < -0.39 is 0 Å². The highest BCUT2D eigenvalue weighted by Gasteiger charge is 2.28. The van der Waals surface area contributed by atoms with Gasteiger partial charge < -0.3 is 9.64 Å². The molecule has 1 saturated heterocycles. The number of ether oxygens (including phenoxy) is 1. The van der Waals surface area contributed by atoms with E-state index in [2.05, 4.69) is 17.0 Å². The number of hydrogen-bond donors (Lipinski definition) is 0. The topological polar surface area (TPSA) is 32.8 Å². The van der Waals surface area contributed by atoms with Crippen LogP contribution in [0, 0.1) is 5.82 Å². The molecule has 1 fully saturated rings. The first-order valence-electron chi connectivity index (χ1n) is 10.1. The predicted octanol–water partition coefficient (Wildman–Crippen LogP) is 4.38. The number of methoxy groups -OCH3 is 1. The molecule has 0 bridgehead atoms. The lowest BCUT2D eigenvalue weighted by atomic mass is 9.96. The Kier molecular flexibility index (Phi) is 6.10. The van der Waals surface area contributed by atoms with Crippen LogP contribution in [0.5, 0.6) is 5.75 Å². The summed E-state index contributed by atoms with van der Waals surface area (Å²) in [6.07, 6.45) is 0. The number of rotatable bonds is 5. The number of carbonyl (C=O) groups excluding carboxylic acids is 1. The summed E-state index contributed by atoms with van der Waals surface area (Å²) in [5, 5.41) is 0. The van der Waals surface area contributed by atoms with Crippen LogP contribution in [0.2, 0.25) is 0 Å². The normalized spacial score (nSPS) is 15.6. The van der Waals surface area contributed by atoms with E-state index in [0.29, 0.717) is 24.4 Å². The minimum absolute atomic E-state index is 0.0200. The zero-order valence-corrected chi connectivity index (χ0v) is 17.0. The maximum absolute atomic E-state index is 13.5. The lowest BCUT2D eigenvalue weighted by molar-refractivity contribution is 0.0597. The molecule has 0 spiro atoms. The van der Waals surface area contributed by atoms with E-state index in [0.717, 1.165) is 24.2 Å². The SMILES string of the molecule is COc1cccc(C(=O)N2CCN([C@H](c3ccccc3)c3ccc(F)cc3)CC2)c1. The second-order valence-electron chi connectivity index (χ2n) is 7.42. The maximum Gasteiger partial charge on any atom is 0.254 e. The molecule has 0 saturated carbocycles. The number of amides is 1. The average Bonchev–Trinajstić information content (AvgIpc) is 2.81. The van der Waals surface area contributed by atoms with Crippen LogP contribution in [0.15, 0.2) is 78.9 Å². The van der Waals surface area contributed by atoms with Crippen LogP contribution in [0.1, 0.15) is 27.5 Å². The molecular weight excluding hydrogens is 379 g/mol. The molecule has 0 radical (unpaired) electrons. The number of hydrogen-bond acceptors (Lipinski definition) is 3. The highest BCUT2D eigenvalue weighted by atomic mass is 19.1. The highest BCUT2D eigenvalue weighted by molar-refractivity contribution is 5.94. The second-order valence-corrected chi connectivity index (χ2v) is 7.42. The Morgan fingerprint density at radius 3 is 2.20 bits per heavy atom. The van der Waals surface area contributed by atoms with Gasteiger partial charge in [-0.1, -0.05) is 48.5 Å². The van der Waals surface area contributed by atoms with E-state index in [1.807, 2.05) is 53.4 Å². The summed E-state index contributed by atoms with van der Waals surface area (Å²) >= 11 is 0. The van der Waals surface area contributed by atoms with Crippen molar-refractivity contribution in [2.24, 2.45) is 0 Å². The maximum atomic E-state index is 13.5. The first-order valence-corrected chi connectivity index (χ1v) is 10.1. The third-order valence-corrected chi connectivity index (χ3v) is 5.58. The van der Waals surface area contributed by atoms with E-state index in [9.17, 15) is 9.18 Å². The molecule has 4 nitrogen and oxygen atoms in total. The van der Waals surface area contributed by atoms with Gasteiger partial charge in [-0.05, 0) is 41.5 Å². The Labute approximate surface area is 176 Å². The molecule has 154 valence electrons. The van der Waals surface area contributed by atoms with Crippen molar-refractivity contribution < 1.29 is 13.9 Å². The van der Waals surface area contributed by atoms with E-state index in [1.165, 1.54) is 12.1 Å². The van der Waals surface area contributed by atoms with Gasteiger partial charge in [-0.15, -0.1) is 0 Å². The van der Waals surface area contributed by atoms with Gasteiger partial charge in [0.25, 0.3) is 5.91 Å². The lowest BCUT2D eigenvalue weighted by Crippen LogP contribution is -2.49. The van der Waals surface area contributed by atoms with Crippen molar-refractivity contribution in [2.75, 3.05) is 33.3 Å². The average molecular weight is 404 g/mol. The van der Waals surface area contributed by atoms with Crippen LogP contribution in [-0.2, 0) is 0 Å². The summed E-state index contributed by atoms with van der Waals surface area (Å²) in [5.41, 5.74) is 2.85. The fourth-order valence-electron chi connectivity index (χ4n) is 4.02. The Hall–Kier alpha value is -3.18. The molecule has 0 aliphatic carbocycles. The molecule has 3 aromatic carbocycles. The van der Waals surface area contributed by atoms with Gasteiger partial charge in [0.2, 0.25) is 0 Å². The molecule has 30 heavy (non-hydrogen) atoms. The molecule has 0 N–H and O–H groups in total. The van der Waals surface area contributed by atoms with Crippen LogP contribution in [0.4, 0.5) is 4.39 Å². The predicted molar refractivity (Wildman–Crippen MR) is 115 cm³/mol. The summed E-state index contributed by atoms with van der Waals surface area (Å²) in [4.78, 5) is 17.2. The first kappa shape index (κ1) is 20.1. The van der Waals surface area contributed by atoms with Crippen molar-refractivity contribution in [2.45, 2.75) is 6.04 Å². The number of halogens is 1.